The standard InChI is InChI=1S/C19H26N4O3S3/c1-13(2)10-23(16-8-9-29(25,26)12-16)17(24)11-27-19-22-21-18(28-19)20-15-6-4-14(3)5-7-15/h4-7,13,16H,8-12H2,1-3H3,(H,20,21). The Hall–Kier alpha value is -1.65. The third kappa shape index (κ3) is 6.42. The van der Waals surface area contributed by atoms with E-state index < -0.39 is 9.84 Å². The fraction of sp³-hybridized carbons (Fsp3) is 0.526. The fourth-order valence-corrected chi connectivity index (χ4v) is 6.54. The van der Waals surface area contributed by atoms with Gasteiger partial charge in [0.25, 0.3) is 0 Å². The molecule has 1 aliphatic heterocycles. The van der Waals surface area contributed by atoms with E-state index in [1.807, 2.05) is 45.0 Å². The van der Waals surface area contributed by atoms with E-state index >= 15 is 0 Å². The number of carbonyl (C=O) groups is 1. The van der Waals surface area contributed by atoms with E-state index in [1.54, 1.807) is 4.90 Å². The summed E-state index contributed by atoms with van der Waals surface area (Å²) in [5.41, 5.74) is 2.12. The Kier molecular flexibility index (Phi) is 7.18. The number of thioether (sulfide) groups is 1. The topological polar surface area (TPSA) is 92.3 Å². The molecule has 1 aromatic carbocycles. The second-order valence-corrected chi connectivity index (χ2v) is 12.1. The van der Waals surface area contributed by atoms with Gasteiger partial charge in [0.2, 0.25) is 11.0 Å². The zero-order chi connectivity index (χ0) is 21.0. The average Bonchev–Trinajstić information content (AvgIpc) is 3.25. The molecule has 2 heterocycles. The molecular weight excluding hydrogens is 428 g/mol. The summed E-state index contributed by atoms with van der Waals surface area (Å²) in [5.74, 6) is 0.687. The Labute approximate surface area is 180 Å². The number of aryl methyl sites for hydroxylation is 1. The Morgan fingerprint density at radius 2 is 2.03 bits per heavy atom. The normalized spacial score (nSPS) is 18.1. The van der Waals surface area contributed by atoms with E-state index in [4.69, 9.17) is 0 Å². The Morgan fingerprint density at radius 1 is 1.31 bits per heavy atom. The molecule has 29 heavy (non-hydrogen) atoms. The van der Waals surface area contributed by atoms with Gasteiger partial charge in [0.1, 0.15) is 0 Å². The van der Waals surface area contributed by atoms with Gasteiger partial charge >= 0.3 is 0 Å². The molecule has 1 unspecified atom stereocenters. The lowest BCUT2D eigenvalue weighted by Crippen LogP contribution is -2.44. The predicted octanol–water partition coefficient (Wildman–Crippen LogP) is 3.35. The Balaban J connectivity index is 1.58. The molecule has 2 aromatic rings. The largest absolute Gasteiger partial charge is 0.338 e. The summed E-state index contributed by atoms with van der Waals surface area (Å²) in [7, 11) is -3.04. The van der Waals surface area contributed by atoms with Crippen LogP contribution in [-0.4, -0.2) is 59.3 Å². The van der Waals surface area contributed by atoms with E-state index in [1.165, 1.54) is 28.7 Å². The zero-order valence-electron chi connectivity index (χ0n) is 16.8. The molecule has 0 aliphatic carbocycles. The quantitative estimate of drug-likeness (QED) is 0.612. The van der Waals surface area contributed by atoms with Crippen LogP contribution in [0.15, 0.2) is 28.6 Å². The van der Waals surface area contributed by atoms with Crippen LogP contribution < -0.4 is 5.32 Å². The second-order valence-electron chi connectivity index (χ2n) is 7.65. The van der Waals surface area contributed by atoms with Gasteiger partial charge in [-0.15, -0.1) is 10.2 Å². The molecule has 1 fully saturated rings. The molecule has 1 aliphatic rings. The minimum absolute atomic E-state index is 0.0472. The molecule has 158 valence electrons. The van der Waals surface area contributed by atoms with E-state index in [9.17, 15) is 13.2 Å². The summed E-state index contributed by atoms with van der Waals surface area (Å²) in [5, 5.41) is 12.2. The molecule has 1 saturated heterocycles. The number of hydrogen-bond donors (Lipinski definition) is 1. The number of anilines is 2. The number of nitrogens with one attached hydrogen (secondary N) is 1. The highest BCUT2D eigenvalue weighted by Crippen LogP contribution is 2.29. The van der Waals surface area contributed by atoms with Crippen LogP contribution in [0.2, 0.25) is 0 Å². The van der Waals surface area contributed by atoms with Crippen molar-refractivity contribution in [3.8, 4) is 0 Å². The lowest BCUT2D eigenvalue weighted by molar-refractivity contribution is -0.130. The summed E-state index contributed by atoms with van der Waals surface area (Å²) in [4.78, 5) is 14.6. The van der Waals surface area contributed by atoms with Crippen molar-refractivity contribution in [2.75, 3.05) is 29.1 Å². The third-order valence-electron chi connectivity index (χ3n) is 4.56. The van der Waals surface area contributed by atoms with Crippen molar-refractivity contribution in [1.82, 2.24) is 15.1 Å². The molecule has 0 spiro atoms. The number of amides is 1. The van der Waals surface area contributed by atoms with Crippen molar-refractivity contribution in [3.05, 3.63) is 29.8 Å². The molecule has 3 rings (SSSR count). The van der Waals surface area contributed by atoms with Crippen molar-refractivity contribution < 1.29 is 13.2 Å². The molecule has 1 amide bonds. The molecule has 7 nitrogen and oxygen atoms in total. The highest BCUT2D eigenvalue weighted by atomic mass is 32.2. The van der Waals surface area contributed by atoms with E-state index in [0.717, 1.165) is 5.69 Å². The number of sulfone groups is 1. The van der Waals surface area contributed by atoms with Gasteiger partial charge in [0.05, 0.1) is 17.3 Å². The maximum atomic E-state index is 12.8. The second kappa shape index (κ2) is 9.44. The van der Waals surface area contributed by atoms with Crippen molar-refractivity contribution >= 4 is 49.7 Å². The Morgan fingerprint density at radius 3 is 2.66 bits per heavy atom. The smallest absolute Gasteiger partial charge is 0.233 e. The molecule has 1 aromatic heterocycles. The van der Waals surface area contributed by atoms with Crippen LogP contribution in [0.5, 0.6) is 0 Å². The van der Waals surface area contributed by atoms with Crippen molar-refractivity contribution in [2.45, 2.75) is 37.6 Å². The van der Waals surface area contributed by atoms with Crippen molar-refractivity contribution in [1.29, 1.82) is 0 Å². The monoisotopic (exact) mass is 454 g/mol. The highest BCUT2D eigenvalue weighted by Gasteiger charge is 2.34. The first-order chi connectivity index (χ1) is 13.7. The first-order valence-electron chi connectivity index (χ1n) is 9.52. The van der Waals surface area contributed by atoms with Gasteiger partial charge in [-0.1, -0.05) is 54.6 Å². The summed E-state index contributed by atoms with van der Waals surface area (Å²) < 4.78 is 24.4. The molecule has 0 saturated carbocycles. The first-order valence-corrected chi connectivity index (χ1v) is 13.1. The van der Waals surface area contributed by atoms with Gasteiger partial charge in [-0.25, -0.2) is 8.42 Å². The molecule has 0 radical (unpaired) electrons. The van der Waals surface area contributed by atoms with E-state index in [2.05, 4.69) is 15.5 Å². The minimum atomic E-state index is -3.04. The van der Waals surface area contributed by atoms with Crippen LogP contribution in [0.25, 0.3) is 0 Å². The predicted molar refractivity (Wildman–Crippen MR) is 119 cm³/mol. The number of aromatic nitrogens is 2. The maximum Gasteiger partial charge on any atom is 0.233 e. The molecule has 1 N–H and O–H groups in total. The fourth-order valence-electron chi connectivity index (χ4n) is 3.15. The molecule has 0 bridgehead atoms. The molecule has 10 heteroatoms. The number of hydrogen-bond acceptors (Lipinski definition) is 8. The van der Waals surface area contributed by atoms with Gasteiger partial charge in [-0.2, -0.15) is 0 Å². The lowest BCUT2D eigenvalue weighted by Gasteiger charge is -2.29. The lowest BCUT2D eigenvalue weighted by atomic mass is 10.1. The van der Waals surface area contributed by atoms with Gasteiger partial charge in [-0.05, 0) is 31.4 Å². The SMILES string of the molecule is Cc1ccc(Nc2nnc(SCC(=O)N(CC(C)C)C3CCS(=O)(=O)C3)s2)cc1. The number of nitrogens with zero attached hydrogens (tertiary/aromatic N) is 3. The summed E-state index contributed by atoms with van der Waals surface area (Å²) in [6.45, 7) is 6.66. The average molecular weight is 455 g/mol. The van der Waals surface area contributed by atoms with Crippen LogP contribution in [-0.2, 0) is 14.6 Å². The third-order valence-corrected chi connectivity index (χ3v) is 8.27. The van der Waals surface area contributed by atoms with Crippen molar-refractivity contribution in [2.24, 2.45) is 5.92 Å². The zero-order valence-corrected chi connectivity index (χ0v) is 19.2. The molecule has 1 atom stereocenters. The maximum absolute atomic E-state index is 12.8. The van der Waals surface area contributed by atoms with Gasteiger partial charge in [0.15, 0.2) is 14.2 Å². The van der Waals surface area contributed by atoms with Crippen LogP contribution in [0, 0.1) is 12.8 Å². The minimum Gasteiger partial charge on any atom is -0.338 e. The molecular formula is C19H26N4O3S3. The summed E-state index contributed by atoms with van der Waals surface area (Å²) >= 11 is 2.74. The summed E-state index contributed by atoms with van der Waals surface area (Å²) in [6, 6.07) is 7.77. The summed E-state index contributed by atoms with van der Waals surface area (Å²) in [6.07, 6.45) is 0.523. The van der Waals surface area contributed by atoms with Gasteiger partial charge in [0, 0.05) is 18.3 Å². The Bertz CT molecular complexity index is 942. The van der Waals surface area contributed by atoms with E-state index in [0.29, 0.717) is 22.4 Å². The van der Waals surface area contributed by atoms with Crippen LogP contribution in [0.3, 0.4) is 0 Å². The number of rotatable bonds is 8. The number of benzene rings is 1. The van der Waals surface area contributed by atoms with Gasteiger partial charge < -0.3 is 10.2 Å². The van der Waals surface area contributed by atoms with Crippen LogP contribution in [0.4, 0.5) is 10.8 Å². The van der Waals surface area contributed by atoms with Crippen LogP contribution >= 0.6 is 23.1 Å². The number of carbonyl (C=O) groups excluding carboxylic acids is 1. The van der Waals surface area contributed by atoms with Crippen LogP contribution in [0.1, 0.15) is 25.8 Å². The highest BCUT2D eigenvalue weighted by molar-refractivity contribution is 8.01. The van der Waals surface area contributed by atoms with Crippen molar-refractivity contribution in [3.63, 3.8) is 0 Å². The first kappa shape index (κ1) is 22.0. The van der Waals surface area contributed by atoms with E-state index in [-0.39, 0.29) is 35.1 Å². The van der Waals surface area contributed by atoms with Gasteiger partial charge in [-0.3, -0.25) is 4.79 Å².